The van der Waals surface area contributed by atoms with Gasteiger partial charge in [0.15, 0.2) is 5.96 Å². The molecule has 4 nitrogen and oxygen atoms in total. The first-order chi connectivity index (χ1) is 8.45. The predicted molar refractivity (Wildman–Crippen MR) is 94.6 cm³/mol. The molecule has 0 saturated heterocycles. The summed E-state index contributed by atoms with van der Waals surface area (Å²) in [7, 11) is 6.07. The molecule has 2 N–H and O–H groups in total. The first-order valence-corrected chi connectivity index (χ1v) is 7.10. The summed E-state index contributed by atoms with van der Waals surface area (Å²) in [5.74, 6) is 0.942. The van der Waals surface area contributed by atoms with E-state index in [4.69, 9.17) is 0 Å². The number of nitrogens with zero attached hydrogens (tertiary/aromatic N) is 2. The molecule has 114 valence electrons. The van der Waals surface area contributed by atoms with Crippen LogP contribution >= 0.6 is 24.0 Å². The standard InChI is InChI=1S/C14H30N4.HI/c1-14(2,18(4)5)11-16-13(15-3)17-12-9-7-6-8-10-12;/h12H,6-11H2,1-5H3,(H2,15,16,17);1H. The highest BCUT2D eigenvalue weighted by Crippen LogP contribution is 2.17. The molecule has 0 spiro atoms. The van der Waals surface area contributed by atoms with E-state index in [2.05, 4.69) is 48.5 Å². The van der Waals surface area contributed by atoms with E-state index in [9.17, 15) is 0 Å². The van der Waals surface area contributed by atoms with Gasteiger partial charge in [-0.25, -0.2) is 0 Å². The van der Waals surface area contributed by atoms with E-state index in [0.717, 1.165) is 12.5 Å². The van der Waals surface area contributed by atoms with Crippen molar-refractivity contribution in [3.8, 4) is 0 Å². The Balaban J connectivity index is 0.00000324. The molecule has 1 aliphatic carbocycles. The number of aliphatic imine (C=N–C) groups is 1. The van der Waals surface area contributed by atoms with E-state index in [1.54, 1.807) is 0 Å². The molecule has 0 radical (unpaired) electrons. The summed E-state index contributed by atoms with van der Waals surface area (Å²) in [6.45, 7) is 5.36. The first kappa shape index (κ1) is 19.0. The summed E-state index contributed by atoms with van der Waals surface area (Å²) in [5.41, 5.74) is 0.129. The van der Waals surface area contributed by atoms with Gasteiger partial charge < -0.3 is 15.5 Å². The predicted octanol–water partition coefficient (Wildman–Crippen LogP) is 2.44. The Bertz CT molecular complexity index is 271. The van der Waals surface area contributed by atoms with Gasteiger partial charge in [0.25, 0.3) is 0 Å². The van der Waals surface area contributed by atoms with Crippen LogP contribution in [-0.2, 0) is 0 Å². The second-order valence-electron chi connectivity index (χ2n) is 6.11. The van der Waals surface area contributed by atoms with Crippen LogP contribution in [0, 0.1) is 0 Å². The van der Waals surface area contributed by atoms with Crippen molar-refractivity contribution < 1.29 is 0 Å². The molecule has 0 unspecified atom stereocenters. The van der Waals surface area contributed by atoms with Gasteiger partial charge >= 0.3 is 0 Å². The number of hydrogen-bond acceptors (Lipinski definition) is 2. The fourth-order valence-corrected chi connectivity index (χ4v) is 2.09. The maximum Gasteiger partial charge on any atom is 0.191 e. The lowest BCUT2D eigenvalue weighted by atomic mass is 9.96. The quantitative estimate of drug-likeness (QED) is 0.446. The molecule has 1 saturated carbocycles. The average molecular weight is 382 g/mol. The molecule has 1 rings (SSSR count). The monoisotopic (exact) mass is 382 g/mol. The van der Waals surface area contributed by atoms with Gasteiger partial charge in [0.1, 0.15) is 0 Å². The fraction of sp³-hybridized carbons (Fsp3) is 0.929. The Morgan fingerprint density at radius 2 is 1.79 bits per heavy atom. The zero-order chi connectivity index (χ0) is 13.6. The number of likely N-dealkylation sites (N-methyl/N-ethyl adjacent to an activating group) is 1. The summed E-state index contributed by atoms with van der Waals surface area (Å²) >= 11 is 0. The highest BCUT2D eigenvalue weighted by atomic mass is 127. The lowest BCUT2D eigenvalue weighted by molar-refractivity contribution is 0.197. The molecule has 19 heavy (non-hydrogen) atoms. The summed E-state index contributed by atoms with van der Waals surface area (Å²) in [6.07, 6.45) is 6.63. The van der Waals surface area contributed by atoms with Gasteiger partial charge in [-0.05, 0) is 40.8 Å². The Labute approximate surface area is 135 Å². The molecule has 0 bridgehead atoms. The topological polar surface area (TPSA) is 39.7 Å². The molecular formula is C14H31IN4. The highest BCUT2D eigenvalue weighted by molar-refractivity contribution is 14.0. The van der Waals surface area contributed by atoms with Gasteiger partial charge in [0, 0.05) is 25.2 Å². The number of guanidine groups is 1. The summed E-state index contributed by atoms with van der Waals surface area (Å²) in [5, 5.41) is 6.97. The van der Waals surface area contributed by atoms with Crippen LogP contribution in [0.4, 0.5) is 0 Å². The summed E-state index contributed by atoms with van der Waals surface area (Å²) < 4.78 is 0. The molecule has 0 aromatic rings. The van der Waals surface area contributed by atoms with Crippen LogP contribution in [0.3, 0.4) is 0 Å². The second kappa shape index (κ2) is 9.00. The van der Waals surface area contributed by atoms with Crippen LogP contribution in [0.25, 0.3) is 0 Å². The van der Waals surface area contributed by atoms with E-state index in [0.29, 0.717) is 6.04 Å². The number of rotatable bonds is 4. The number of nitrogens with one attached hydrogen (secondary N) is 2. The maximum atomic E-state index is 4.32. The average Bonchev–Trinajstić information content (AvgIpc) is 2.35. The summed E-state index contributed by atoms with van der Waals surface area (Å²) in [4.78, 5) is 6.55. The fourth-order valence-electron chi connectivity index (χ4n) is 2.09. The van der Waals surface area contributed by atoms with Crippen LogP contribution in [-0.4, -0.2) is 50.1 Å². The molecule has 0 aliphatic heterocycles. The van der Waals surface area contributed by atoms with Gasteiger partial charge in [-0.3, -0.25) is 4.99 Å². The van der Waals surface area contributed by atoms with E-state index >= 15 is 0 Å². The van der Waals surface area contributed by atoms with Crippen molar-refractivity contribution in [2.45, 2.75) is 57.5 Å². The van der Waals surface area contributed by atoms with Gasteiger partial charge in [0.2, 0.25) is 0 Å². The lowest BCUT2D eigenvalue weighted by Gasteiger charge is -2.34. The SMILES string of the molecule is CN=C(NCC(C)(C)N(C)C)NC1CCCCC1.I. The zero-order valence-electron chi connectivity index (χ0n) is 13.1. The molecule has 5 heteroatoms. The minimum atomic E-state index is 0. The van der Waals surface area contributed by atoms with Crippen molar-refractivity contribution in [2.24, 2.45) is 4.99 Å². The molecule has 0 heterocycles. The molecule has 1 fully saturated rings. The van der Waals surface area contributed by atoms with Crippen molar-refractivity contribution in [1.29, 1.82) is 0 Å². The van der Waals surface area contributed by atoms with Crippen molar-refractivity contribution in [3.05, 3.63) is 0 Å². The molecule has 0 atom stereocenters. The summed E-state index contributed by atoms with van der Waals surface area (Å²) in [6, 6.07) is 0.604. The third-order valence-corrected chi connectivity index (χ3v) is 4.07. The minimum absolute atomic E-state index is 0. The van der Waals surface area contributed by atoms with Crippen LogP contribution < -0.4 is 10.6 Å². The van der Waals surface area contributed by atoms with Crippen LogP contribution in [0.2, 0.25) is 0 Å². The van der Waals surface area contributed by atoms with Crippen LogP contribution in [0.15, 0.2) is 4.99 Å². The lowest BCUT2D eigenvalue weighted by Crippen LogP contribution is -2.52. The Hall–Kier alpha value is -0.0400. The van der Waals surface area contributed by atoms with Crippen molar-refractivity contribution in [2.75, 3.05) is 27.7 Å². The molecule has 0 amide bonds. The van der Waals surface area contributed by atoms with E-state index in [-0.39, 0.29) is 29.5 Å². The smallest absolute Gasteiger partial charge is 0.191 e. The van der Waals surface area contributed by atoms with Crippen molar-refractivity contribution in [1.82, 2.24) is 15.5 Å². The second-order valence-corrected chi connectivity index (χ2v) is 6.11. The van der Waals surface area contributed by atoms with Gasteiger partial charge in [-0.15, -0.1) is 24.0 Å². The Morgan fingerprint density at radius 3 is 2.26 bits per heavy atom. The van der Waals surface area contributed by atoms with Crippen molar-refractivity contribution in [3.63, 3.8) is 0 Å². The van der Waals surface area contributed by atoms with Gasteiger partial charge in [-0.2, -0.15) is 0 Å². The Morgan fingerprint density at radius 1 is 1.21 bits per heavy atom. The molecule has 0 aromatic heterocycles. The van der Waals surface area contributed by atoms with Crippen LogP contribution in [0.1, 0.15) is 46.0 Å². The normalized spacial score (nSPS) is 18.1. The largest absolute Gasteiger partial charge is 0.355 e. The van der Waals surface area contributed by atoms with E-state index < -0.39 is 0 Å². The van der Waals surface area contributed by atoms with Crippen molar-refractivity contribution >= 4 is 29.9 Å². The third-order valence-electron chi connectivity index (χ3n) is 4.07. The molecule has 1 aliphatic rings. The molecular weight excluding hydrogens is 351 g/mol. The number of halogens is 1. The third kappa shape index (κ3) is 6.79. The zero-order valence-corrected chi connectivity index (χ0v) is 15.5. The Kier molecular flexibility index (Phi) is 8.98. The van der Waals surface area contributed by atoms with E-state index in [1.807, 2.05) is 7.05 Å². The number of hydrogen-bond donors (Lipinski definition) is 2. The molecule has 0 aromatic carbocycles. The van der Waals surface area contributed by atoms with Gasteiger partial charge in [-0.1, -0.05) is 19.3 Å². The van der Waals surface area contributed by atoms with Crippen LogP contribution in [0.5, 0.6) is 0 Å². The first-order valence-electron chi connectivity index (χ1n) is 7.10. The minimum Gasteiger partial charge on any atom is -0.355 e. The highest BCUT2D eigenvalue weighted by Gasteiger charge is 2.21. The van der Waals surface area contributed by atoms with Gasteiger partial charge in [0.05, 0.1) is 0 Å². The van der Waals surface area contributed by atoms with E-state index in [1.165, 1.54) is 32.1 Å². The maximum absolute atomic E-state index is 4.32.